The minimum Gasteiger partial charge on any atom is -0.493 e. The van der Waals surface area contributed by atoms with E-state index in [0.29, 0.717) is 17.3 Å². The second kappa shape index (κ2) is 8.19. The Morgan fingerprint density at radius 1 is 0.793 bits per heavy atom. The zero-order chi connectivity index (χ0) is 20.2. The molecule has 5 nitrogen and oxygen atoms in total. The van der Waals surface area contributed by atoms with E-state index in [2.05, 4.69) is 63.8 Å². The number of hydrogen-bond donors (Lipinski definition) is 1. The molecule has 3 aromatic carbocycles. The zero-order valence-corrected chi connectivity index (χ0v) is 16.8. The molecule has 29 heavy (non-hydrogen) atoms. The number of hydrogen-bond acceptors (Lipinski definition) is 5. The van der Waals surface area contributed by atoms with E-state index in [0.717, 1.165) is 28.8 Å². The molecule has 4 rings (SSSR count). The normalized spacial score (nSPS) is 10.7. The molecule has 0 bridgehead atoms. The lowest BCUT2D eigenvalue weighted by molar-refractivity contribution is 0.356. The van der Waals surface area contributed by atoms with Crippen molar-refractivity contribution in [1.29, 1.82) is 0 Å². The highest BCUT2D eigenvalue weighted by atomic mass is 16.5. The van der Waals surface area contributed by atoms with Crippen molar-refractivity contribution in [2.45, 2.75) is 13.3 Å². The van der Waals surface area contributed by atoms with E-state index < -0.39 is 0 Å². The minimum atomic E-state index is 0.647. The Kier molecular flexibility index (Phi) is 5.29. The highest BCUT2D eigenvalue weighted by Crippen LogP contribution is 2.34. The van der Waals surface area contributed by atoms with Crippen molar-refractivity contribution < 1.29 is 9.47 Å². The third kappa shape index (κ3) is 4.14. The van der Waals surface area contributed by atoms with Gasteiger partial charge >= 0.3 is 0 Å². The first-order valence-corrected chi connectivity index (χ1v) is 9.46. The maximum Gasteiger partial charge on any atom is 0.162 e. The largest absolute Gasteiger partial charge is 0.493 e. The second-order valence-corrected chi connectivity index (χ2v) is 6.83. The maximum absolute atomic E-state index is 5.44. The Bertz CT molecular complexity index is 1130. The molecule has 0 saturated heterocycles. The molecule has 0 spiro atoms. The fourth-order valence-electron chi connectivity index (χ4n) is 3.34. The standard InChI is InChI=1S/C24H23N3O2/c1-16-25-21-15-23(29-3)22(28-2)14-20(21)24(26-16)27-19-11-9-18(10-12-19)13-17-7-5-4-6-8-17/h4-12,14-15H,13H2,1-3H3,(H,25,26,27). The van der Waals surface area contributed by atoms with E-state index in [1.165, 1.54) is 11.1 Å². The summed E-state index contributed by atoms with van der Waals surface area (Å²) in [5.74, 6) is 2.72. The molecule has 0 unspecified atom stereocenters. The van der Waals surface area contributed by atoms with Crippen LogP contribution in [0.2, 0.25) is 0 Å². The quantitative estimate of drug-likeness (QED) is 0.489. The summed E-state index contributed by atoms with van der Waals surface area (Å²) < 4.78 is 10.8. The number of anilines is 2. The molecule has 1 aromatic heterocycles. The van der Waals surface area contributed by atoms with Crippen LogP contribution in [-0.2, 0) is 6.42 Å². The summed E-state index contributed by atoms with van der Waals surface area (Å²) in [6, 6.07) is 22.6. The van der Waals surface area contributed by atoms with Crippen LogP contribution in [0.5, 0.6) is 11.5 Å². The van der Waals surface area contributed by atoms with Gasteiger partial charge in [0.25, 0.3) is 0 Å². The number of fused-ring (bicyclic) bond motifs is 1. The molecular formula is C24H23N3O2. The van der Waals surface area contributed by atoms with Crippen LogP contribution >= 0.6 is 0 Å². The molecule has 0 aliphatic heterocycles. The van der Waals surface area contributed by atoms with Crippen molar-refractivity contribution in [3.05, 3.63) is 83.7 Å². The third-order valence-corrected chi connectivity index (χ3v) is 4.78. The Hall–Kier alpha value is -3.60. The summed E-state index contributed by atoms with van der Waals surface area (Å²) in [6.45, 7) is 1.88. The molecule has 146 valence electrons. The summed E-state index contributed by atoms with van der Waals surface area (Å²) in [4.78, 5) is 9.14. The Morgan fingerprint density at radius 2 is 1.45 bits per heavy atom. The molecule has 1 heterocycles. The number of methoxy groups -OCH3 is 2. The van der Waals surface area contributed by atoms with Gasteiger partial charge in [0.1, 0.15) is 11.6 Å². The minimum absolute atomic E-state index is 0.647. The summed E-state index contributed by atoms with van der Waals surface area (Å²) >= 11 is 0. The van der Waals surface area contributed by atoms with Crippen LogP contribution in [0, 0.1) is 6.92 Å². The highest BCUT2D eigenvalue weighted by molar-refractivity contribution is 5.93. The summed E-state index contributed by atoms with van der Waals surface area (Å²) in [5, 5.41) is 4.30. The van der Waals surface area contributed by atoms with Crippen LogP contribution in [0.4, 0.5) is 11.5 Å². The van der Waals surface area contributed by atoms with Crippen LogP contribution in [0.3, 0.4) is 0 Å². The average Bonchev–Trinajstić information content (AvgIpc) is 2.75. The van der Waals surface area contributed by atoms with Crippen molar-refractivity contribution in [2.75, 3.05) is 19.5 Å². The number of nitrogens with zero attached hydrogens (tertiary/aromatic N) is 2. The van der Waals surface area contributed by atoms with E-state index in [9.17, 15) is 0 Å². The molecule has 0 aliphatic rings. The molecule has 0 aliphatic carbocycles. The van der Waals surface area contributed by atoms with Crippen LogP contribution in [0.1, 0.15) is 17.0 Å². The first-order valence-electron chi connectivity index (χ1n) is 9.46. The first kappa shape index (κ1) is 18.7. The van der Waals surface area contributed by atoms with Gasteiger partial charge in [-0.3, -0.25) is 0 Å². The van der Waals surface area contributed by atoms with Crippen LogP contribution < -0.4 is 14.8 Å². The average molecular weight is 385 g/mol. The van der Waals surface area contributed by atoms with Gasteiger partial charge in [0.2, 0.25) is 0 Å². The number of nitrogens with one attached hydrogen (secondary N) is 1. The topological polar surface area (TPSA) is 56.3 Å². The maximum atomic E-state index is 5.44. The Balaban J connectivity index is 1.63. The van der Waals surface area contributed by atoms with Gasteiger partial charge in [0, 0.05) is 17.1 Å². The number of benzene rings is 3. The summed E-state index contributed by atoms with van der Waals surface area (Å²) in [5.41, 5.74) is 4.33. The number of rotatable bonds is 6. The molecule has 4 aromatic rings. The van der Waals surface area contributed by atoms with Crippen molar-refractivity contribution in [2.24, 2.45) is 0 Å². The molecule has 0 radical (unpaired) electrons. The first-order chi connectivity index (χ1) is 14.2. The van der Waals surface area contributed by atoms with Crippen LogP contribution in [0.15, 0.2) is 66.7 Å². The third-order valence-electron chi connectivity index (χ3n) is 4.78. The predicted molar refractivity (Wildman–Crippen MR) is 116 cm³/mol. The van der Waals surface area contributed by atoms with Crippen molar-refractivity contribution in [3.63, 3.8) is 0 Å². The zero-order valence-electron chi connectivity index (χ0n) is 16.8. The SMILES string of the molecule is COc1cc2nc(C)nc(Nc3ccc(Cc4ccccc4)cc3)c2cc1OC. The fraction of sp³-hybridized carbons (Fsp3) is 0.167. The van der Waals surface area contributed by atoms with Gasteiger partial charge in [-0.2, -0.15) is 0 Å². The predicted octanol–water partition coefficient (Wildman–Crippen LogP) is 5.29. The van der Waals surface area contributed by atoms with E-state index in [1.54, 1.807) is 14.2 Å². The number of aromatic nitrogens is 2. The Labute approximate surface area is 170 Å². The molecule has 0 saturated carbocycles. The van der Waals surface area contributed by atoms with Gasteiger partial charge in [0.05, 0.1) is 19.7 Å². The Morgan fingerprint density at radius 3 is 2.14 bits per heavy atom. The van der Waals surface area contributed by atoms with E-state index in [4.69, 9.17) is 9.47 Å². The van der Waals surface area contributed by atoms with Crippen molar-refractivity contribution in [1.82, 2.24) is 9.97 Å². The van der Waals surface area contributed by atoms with E-state index in [-0.39, 0.29) is 0 Å². The fourth-order valence-corrected chi connectivity index (χ4v) is 3.34. The van der Waals surface area contributed by atoms with Gasteiger partial charge in [-0.15, -0.1) is 0 Å². The van der Waals surface area contributed by atoms with Gasteiger partial charge in [0.15, 0.2) is 11.5 Å². The lowest BCUT2D eigenvalue weighted by Crippen LogP contribution is -2.00. The lowest BCUT2D eigenvalue weighted by Gasteiger charge is -2.13. The summed E-state index contributed by atoms with van der Waals surface area (Å²) in [6.07, 6.45) is 0.910. The molecule has 0 fully saturated rings. The smallest absolute Gasteiger partial charge is 0.162 e. The summed E-state index contributed by atoms with van der Waals surface area (Å²) in [7, 11) is 3.24. The molecule has 0 amide bonds. The highest BCUT2D eigenvalue weighted by Gasteiger charge is 2.12. The van der Waals surface area contributed by atoms with Gasteiger partial charge < -0.3 is 14.8 Å². The number of aryl methyl sites for hydroxylation is 1. The van der Waals surface area contributed by atoms with Gasteiger partial charge in [-0.05, 0) is 42.7 Å². The van der Waals surface area contributed by atoms with Crippen molar-refractivity contribution >= 4 is 22.4 Å². The number of ether oxygens (including phenoxy) is 2. The van der Waals surface area contributed by atoms with Crippen LogP contribution in [0.25, 0.3) is 10.9 Å². The van der Waals surface area contributed by atoms with E-state index >= 15 is 0 Å². The van der Waals surface area contributed by atoms with Crippen LogP contribution in [-0.4, -0.2) is 24.2 Å². The van der Waals surface area contributed by atoms with Crippen molar-refractivity contribution in [3.8, 4) is 11.5 Å². The van der Waals surface area contributed by atoms with Gasteiger partial charge in [-0.1, -0.05) is 42.5 Å². The van der Waals surface area contributed by atoms with Gasteiger partial charge in [-0.25, -0.2) is 9.97 Å². The molecule has 0 atom stereocenters. The monoisotopic (exact) mass is 385 g/mol. The molecular weight excluding hydrogens is 362 g/mol. The van der Waals surface area contributed by atoms with E-state index in [1.807, 2.05) is 25.1 Å². The second-order valence-electron chi connectivity index (χ2n) is 6.83. The molecule has 5 heteroatoms. The lowest BCUT2D eigenvalue weighted by atomic mass is 10.0. The molecule has 1 N–H and O–H groups in total.